The second kappa shape index (κ2) is 3.06. The molecule has 1 atom stereocenters. The van der Waals surface area contributed by atoms with Gasteiger partial charge >= 0.3 is 0 Å². The summed E-state index contributed by atoms with van der Waals surface area (Å²) in [7, 11) is 0. The summed E-state index contributed by atoms with van der Waals surface area (Å²) < 4.78 is 1.98. The minimum atomic E-state index is 0.00834. The topological polar surface area (TPSA) is 56.2 Å². The number of hydrogen-bond donors (Lipinski definition) is 1. The molecule has 4 heteroatoms. The number of aryl methyl sites for hydroxylation is 2. The van der Waals surface area contributed by atoms with Gasteiger partial charge in [0, 0.05) is 29.7 Å². The molecule has 74 valence electrons. The zero-order valence-corrected chi connectivity index (χ0v) is 8.65. The van der Waals surface area contributed by atoms with E-state index in [0.717, 1.165) is 22.7 Å². The Morgan fingerprint density at radius 2 is 2.14 bits per heavy atom. The van der Waals surface area contributed by atoms with E-state index in [1.807, 2.05) is 31.4 Å². The zero-order chi connectivity index (χ0) is 10.3. The van der Waals surface area contributed by atoms with E-state index < -0.39 is 0 Å². The number of nitrogens with zero attached hydrogens (tertiary/aromatic N) is 3. The van der Waals surface area contributed by atoms with Crippen molar-refractivity contribution in [3.05, 3.63) is 29.3 Å². The van der Waals surface area contributed by atoms with E-state index in [-0.39, 0.29) is 6.04 Å². The molecule has 2 rings (SSSR count). The summed E-state index contributed by atoms with van der Waals surface area (Å²) in [5.74, 6) is 0.740. The second-order valence-corrected chi connectivity index (χ2v) is 3.63. The highest BCUT2D eigenvalue weighted by atomic mass is 15.1. The average Bonchev–Trinajstić information content (AvgIpc) is 2.43. The molecule has 0 aliphatic rings. The van der Waals surface area contributed by atoms with Gasteiger partial charge in [-0.25, -0.2) is 9.97 Å². The maximum Gasteiger partial charge on any atom is 0.234 e. The van der Waals surface area contributed by atoms with Crippen LogP contribution in [0.2, 0.25) is 0 Å². The van der Waals surface area contributed by atoms with Gasteiger partial charge in [-0.1, -0.05) is 0 Å². The first-order valence-corrected chi connectivity index (χ1v) is 4.66. The van der Waals surface area contributed by atoms with Crippen LogP contribution in [0.1, 0.15) is 29.9 Å². The van der Waals surface area contributed by atoms with Gasteiger partial charge in [0.1, 0.15) is 0 Å². The smallest absolute Gasteiger partial charge is 0.234 e. The van der Waals surface area contributed by atoms with Gasteiger partial charge in [-0.15, -0.1) is 0 Å². The molecule has 1 unspecified atom stereocenters. The Bertz CT molecular complexity index is 470. The predicted octanol–water partition coefficient (Wildman–Crippen LogP) is 1.37. The minimum absolute atomic E-state index is 0.00834. The zero-order valence-electron chi connectivity index (χ0n) is 8.65. The average molecular weight is 190 g/mol. The van der Waals surface area contributed by atoms with E-state index in [9.17, 15) is 0 Å². The Labute approximate surface area is 82.8 Å². The third kappa shape index (κ3) is 1.28. The van der Waals surface area contributed by atoms with E-state index in [0.29, 0.717) is 0 Å². The Morgan fingerprint density at radius 1 is 1.43 bits per heavy atom. The van der Waals surface area contributed by atoms with Crippen molar-refractivity contribution in [2.24, 2.45) is 5.73 Å². The van der Waals surface area contributed by atoms with Crippen molar-refractivity contribution in [2.45, 2.75) is 26.8 Å². The molecule has 0 spiro atoms. The molecule has 0 aliphatic carbocycles. The number of hydrogen-bond acceptors (Lipinski definition) is 3. The number of aromatic nitrogens is 3. The molecule has 4 nitrogen and oxygen atoms in total. The van der Waals surface area contributed by atoms with Gasteiger partial charge in [-0.3, -0.25) is 4.40 Å². The fourth-order valence-electron chi connectivity index (χ4n) is 1.40. The van der Waals surface area contributed by atoms with Crippen LogP contribution in [0.5, 0.6) is 0 Å². The summed E-state index contributed by atoms with van der Waals surface area (Å²) in [5, 5.41) is 0. The van der Waals surface area contributed by atoms with Gasteiger partial charge in [-0.05, 0) is 20.8 Å². The lowest BCUT2D eigenvalue weighted by molar-refractivity contribution is 0.797. The van der Waals surface area contributed by atoms with Crippen LogP contribution >= 0.6 is 0 Å². The van der Waals surface area contributed by atoms with E-state index in [4.69, 9.17) is 5.73 Å². The number of rotatable bonds is 1. The van der Waals surface area contributed by atoms with Gasteiger partial charge in [-0.2, -0.15) is 0 Å². The van der Waals surface area contributed by atoms with Gasteiger partial charge in [0.2, 0.25) is 5.78 Å². The first kappa shape index (κ1) is 9.15. The quantitative estimate of drug-likeness (QED) is 0.738. The lowest BCUT2D eigenvalue weighted by atomic mass is 10.2. The van der Waals surface area contributed by atoms with Crippen LogP contribution in [0.4, 0.5) is 0 Å². The molecule has 2 N–H and O–H groups in total. The summed E-state index contributed by atoms with van der Waals surface area (Å²) in [6, 6.07) is 0.00834. The highest BCUT2D eigenvalue weighted by Gasteiger charge is 2.07. The summed E-state index contributed by atoms with van der Waals surface area (Å²) in [6.45, 7) is 5.96. The van der Waals surface area contributed by atoms with Crippen molar-refractivity contribution < 1.29 is 0 Å². The van der Waals surface area contributed by atoms with Crippen LogP contribution in [-0.4, -0.2) is 14.4 Å². The molecule has 0 fully saturated rings. The fourth-order valence-corrected chi connectivity index (χ4v) is 1.40. The SMILES string of the molecule is Cc1nc2ncc(C(C)N)cn2c1C. The maximum atomic E-state index is 5.79. The molecule has 0 radical (unpaired) electrons. The molecule has 0 aromatic carbocycles. The summed E-state index contributed by atoms with van der Waals surface area (Å²) in [5.41, 5.74) is 8.95. The van der Waals surface area contributed by atoms with Crippen LogP contribution in [-0.2, 0) is 0 Å². The molecule has 2 aromatic rings. The molecule has 2 aromatic heterocycles. The van der Waals surface area contributed by atoms with E-state index in [1.54, 1.807) is 6.20 Å². The lowest BCUT2D eigenvalue weighted by Crippen LogP contribution is -2.07. The monoisotopic (exact) mass is 190 g/mol. The van der Waals surface area contributed by atoms with Gasteiger partial charge < -0.3 is 5.73 Å². The molecule has 0 aliphatic heterocycles. The Balaban J connectivity index is 2.69. The van der Waals surface area contributed by atoms with Crippen LogP contribution in [0.15, 0.2) is 12.4 Å². The standard InChI is InChI=1S/C10H14N4/c1-6(11)9-4-12-10-13-7(2)8(3)14(10)5-9/h4-6H,11H2,1-3H3. The van der Waals surface area contributed by atoms with Crippen molar-refractivity contribution >= 4 is 5.78 Å². The molecular formula is C10H14N4. The molecule has 2 heterocycles. The largest absolute Gasteiger partial charge is 0.324 e. The third-order valence-corrected chi connectivity index (χ3v) is 2.50. The van der Waals surface area contributed by atoms with Crippen LogP contribution in [0.3, 0.4) is 0 Å². The van der Waals surface area contributed by atoms with Crippen molar-refractivity contribution in [1.82, 2.24) is 14.4 Å². The van der Waals surface area contributed by atoms with Crippen LogP contribution < -0.4 is 5.73 Å². The summed E-state index contributed by atoms with van der Waals surface area (Å²) >= 11 is 0. The van der Waals surface area contributed by atoms with Crippen molar-refractivity contribution in [3.63, 3.8) is 0 Å². The normalized spacial score (nSPS) is 13.4. The Hall–Kier alpha value is -1.42. The van der Waals surface area contributed by atoms with E-state index in [2.05, 4.69) is 9.97 Å². The molecule has 0 saturated carbocycles. The minimum Gasteiger partial charge on any atom is -0.324 e. The highest BCUT2D eigenvalue weighted by Crippen LogP contribution is 2.13. The van der Waals surface area contributed by atoms with Gasteiger partial charge in [0.05, 0.1) is 5.69 Å². The first-order chi connectivity index (χ1) is 6.59. The van der Waals surface area contributed by atoms with Crippen LogP contribution in [0, 0.1) is 13.8 Å². The van der Waals surface area contributed by atoms with E-state index >= 15 is 0 Å². The number of nitrogens with two attached hydrogens (primary N) is 1. The molecule has 14 heavy (non-hydrogen) atoms. The van der Waals surface area contributed by atoms with Crippen molar-refractivity contribution in [1.29, 1.82) is 0 Å². The molecular weight excluding hydrogens is 176 g/mol. The number of fused-ring (bicyclic) bond motifs is 1. The maximum absolute atomic E-state index is 5.79. The summed E-state index contributed by atoms with van der Waals surface area (Å²) in [6.07, 6.45) is 3.79. The van der Waals surface area contributed by atoms with Crippen molar-refractivity contribution in [3.8, 4) is 0 Å². The predicted molar refractivity (Wildman–Crippen MR) is 55.1 cm³/mol. The second-order valence-electron chi connectivity index (χ2n) is 3.63. The lowest BCUT2D eigenvalue weighted by Gasteiger charge is -2.05. The molecule has 0 saturated heterocycles. The number of imidazole rings is 1. The third-order valence-electron chi connectivity index (χ3n) is 2.50. The van der Waals surface area contributed by atoms with Crippen molar-refractivity contribution in [2.75, 3.05) is 0 Å². The van der Waals surface area contributed by atoms with Gasteiger partial charge in [0.25, 0.3) is 0 Å². The van der Waals surface area contributed by atoms with Crippen LogP contribution in [0.25, 0.3) is 5.78 Å². The first-order valence-electron chi connectivity index (χ1n) is 4.66. The Morgan fingerprint density at radius 3 is 2.79 bits per heavy atom. The van der Waals surface area contributed by atoms with E-state index in [1.165, 1.54) is 0 Å². The van der Waals surface area contributed by atoms with Gasteiger partial charge in [0.15, 0.2) is 0 Å². The highest BCUT2D eigenvalue weighted by molar-refractivity contribution is 5.36. The summed E-state index contributed by atoms with van der Waals surface area (Å²) in [4.78, 5) is 8.58. The Kier molecular flexibility index (Phi) is 2.00. The fraction of sp³-hybridized carbons (Fsp3) is 0.400. The molecule has 0 bridgehead atoms. The molecule has 0 amide bonds.